The van der Waals surface area contributed by atoms with Crippen LogP contribution in [0.5, 0.6) is 23.0 Å². The molecule has 0 aromatic heterocycles. The van der Waals surface area contributed by atoms with Crippen LogP contribution in [0.15, 0.2) is 36.4 Å². The first-order chi connectivity index (χ1) is 9.17. The average molecular weight is 254 g/mol. The van der Waals surface area contributed by atoms with E-state index in [0.29, 0.717) is 5.92 Å². The van der Waals surface area contributed by atoms with E-state index in [1.54, 1.807) is 0 Å². The van der Waals surface area contributed by atoms with Gasteiger partial charge in [-0.05, 0) is 47.7 Å². The quantitative estimate of drug-likeness (QED) is 0.620. The third kappa shape index (κ3) is 2.19. The molecule has 0 bridgehead atoms. The number of ether oxygens (including phenoxy) is 2. The molecule has 0 amide bonds. The third-order valence-electron chi connectivity index (χ3n) is 3.49. The first kappa shape index (κ1) is 12.1. The number of hydrogen-bond donors (Lipinski definition) is 0. The summed E-state index contributed by atoms with van der Waals surface area (Å²) in [7, 11) is 0. The van der Waals surface area contributed by atoms with Crippen molar-refractivity contribution in [1.29, 1.82) is 0 Å². The molecule has 0 saturated carbocycles. The van der Waals surface area contributed by atoms with Gasteiger partial charge in [-0.25, -0.2) is 0 Å². The van der Waals surface area contributed by atoms with E-state index >= 15 is 0 Å². The first-order valence-electron chi connectivity index (χ1n) is 6.80. The summed E-state index contributed by atoms with van der Waals surface area (Å²) in [5.74, 6) is 3.70. The predicted molar refractivity (Wildman–Crippen MR) is 76.5 cm³/mol. The van der Waals surface area contributed by atoms with Gasteiger partial charge in [-0.3, -0.25) is 0 Å². The molecule has 0 radical (unpaired) electrons. The van der Waals surface area contributed by atoms with Crippen LogP contribution in [0.1, 0.15) is 37.8 Å². The molecule has 0 fully saturated rings. The highest BCUT2D eigenvalue weighted by Gasteiger charge is 2.19. The zero-order valence-corrected chi connectivity index (χ0v) is 11.6. The van der Waals surface area contributed by atoms with Gasteiger partial charge in [-0.2, -0.15) is 0 Å². The Balaban J connectivity index is 1.99. The Morgan fingerprint density at radius 1 is 0.842 bits per heavy atom. The highest BCUT2D eigenvalue weighted by Crippen LogP contribution is 2.46. The Hall–Kier alpha value is -1.96. The Labute approximate surface area is 114 Å². The lowest BCUT2D eigenvalue weighted by Crippen LogP contribution is -2.00. The van der Waals surface area contributed by atoms with Crippen molar-refractivity contribution < 1.29 is 9.47 Å². The fourth-order valence-corrected chi connectivity index (χ4v) is 2.22. The summed E-state index contributed by atoms with van der Waals surface area (Å²) in [6.07, 6.45) is 0.996. The zero-order chi connectivity index (χ0) is 13.4. The second-order valence-corrected chi connectivity index (χ2v) is 5.20. The van der Waals surface area contributed by atoms with Crippen LogP contribution in [0.25, 0.3) is 0 Å². The van der Waals surface area contributed by atoms with Crippen molar-refractivity contribution >= 4 is 0 Å². The molecule has 0 N–H and O–H groups in total. The molecule has 98 valence electrons. The van der Waals surface area contributed by atoms with E-state index in [2.05, 4.69) is 45.0 Å². The number of fused-ring (bicyclic) bond motifs is 2. The lowest BCUT2D eigenvalue weighted by atomic mass is 10.0. The number of aryl methyl sites for hydroxylation is 1. The van der Waals surface area contributed by atoms with E-state index < -0.39 is 0 Å². The second kappa shape index (κ2) is 4.61. The molecule has 2 heteroatoms. The SMILES string of the molecule is CCc1ccc2c(c1)Oc1ccc(C(C)C)cc1O2. The van der Waals surface area contributed by atoms with Crippen LogP contribution in [0, 0.1) is 0 Å². The van der Waals surface area contributed by atoms with Gasteiger partial charge in [0, 0.05) is 0 Å². The summed E-state index contributed by atoms with van der Waals surface area (Å²) in [5, 5.41) is 0. The second-order valence-electron chi connectivity index (χ2n) is 5.20. The van der Waals surface area contributed by atoms with E-state index in [1.165, 1.54) is 11.1 Å². The monoisotopic (exact) mass is 254 g/mol. The van der Waals surface area contributed by atoms with Crippen LogP contribution in [0.2, 0.25) is 0 Å². The third-order valence-corrected chi connectivity index (χ3v) is 3.49. The molecule has 2 aromatic carbocycles. The molecule has 2 aromatic rings. The minimum atomic E-state index is 0.484. The number of hydrogen-bond acceptors (Lipinski definition) is 2. The molecule has 19 heavy (non-hydrogen) atoms. The van der Waals surface area contributed by atoms with Crippen molar-refractivity contribution in [3.8, 4) is 23.0 Å². The van der Waals surface area contributed by atoms with E-state index in [0.717, 1.165) is 29.4 Å². The maximum atomic E-state index is 5.94. The maximum absolute atomic E-state index is 5.94. The van der Waals surface area contributed by atoms with Gasteiger partial charge in [0.2, 0.25) is 0 Å². The Bertz CT molecular complexity index is 615. The molecule has 2 nitrogen and oxygen atoms in total. The molecule has 0 aliphatic carbocycles. The fourth-order valence-electron chi connectivity index (χ4n) is 2.22. The van der Waals surface area contributed by atoms with Crippen LogP contribution in [-0.4, -0.2) is 0 Å². The molecule has 0 spiro atoms. The van der Waals surface area contributed by atoms with Crippen molar-refractivity contribution in [2.75, 3.05) is 0 Å². The van der Waals surface area contributed by atoms with Crippen LogP contribution < -0.4 is 9.47 Å². The molecular weight excluding hydrogens is 236 g/mol. The topological polar surface area (TPSA) is 18.5 Å². The normalized spacial score (nSPS) is 12.4. The highest BCUT2D eigenvalue weighted by molar-refractivity contribution is 5.56. The van der Waals surface area contributed by atoms with Crippen molar-refractivity contribution in [3.05, 3.63) is 47.5 Å². The van der Waals surface area contributed by atoms with Crippen molar-refractivity contribution in [3.63, 3.8) is 0 Å². The summed E-state index contributed by atoms with van der Waals surface area (Å²) >= 11 is 0. The summed E-state index contributed by atoms with van der Waals surface area (Å²) in [6.45, 7) is 6.48. The number of rotatable bonds is 2. The van der Waals surface area contributed by atoms with Gasteiger partial charge < -0.3 is 9.47 Å². The summed E-state index contributed by atoms with van der Waals surface area (Å²) in [4.78, 5) is 0. The van der Waals surface area contributed by atoms with E-state index in [-0.39, 0.29) is 0 Å². The summed E-state index contributed by atoms with van der Waals surface area (Å²) in [5.41, 5.74) is 2.51. The molecule has 1 heterocycles. The Morgan fingerprint density at radius 2 is 1.47 bits per heavy atom. The van der Waals surface area contributed by atoms with Gasteiger partial charge in [-0.15, -0.1) is 0 Å². The van der Waals surface area contributed by atoms with Gasteiger partial charge in [0.05, 0.1) is 0 Å². The lowest BCUT2D eigenvalue weighted by molar-refractivity contribution is 0.358. The Kier molecular flexibility index (Phi) is 2.94. The molecule has 0 saturated heterocycles. The molecular formula is C17H18O2. The van der Waals surface area contributed by atoms with Crippen molar-refractivity contribution in [2.24, 2.45) is 0 Å². The number of benzene rings is 2. The van der Waals surface area contributed by atoms with Crippen molar-refractivity contribution in [2.45, 2.75) is 33.1 Å². The van der Waals surface area contributed by atoms with Gasteiger partial charge in [-0.1, -0.05) is 32.9 Å². The largest absolute Gasteiger partial charge is 0.450 e. The van der Waals surface area contributed by atoms with Crippen molar-refractivity contribution in [1.82, 2.24) is 0 Å². The van der Waals surface area contributed by atoms with Gasteiger partial charge in [0.25, 0.3) is 0 Å². The minimum absolute atomic E-state index is 0.484. The maximum Gasteiger partial charge on any atom is 0.170 e. The van der Waals surface area contributed by atoms with Gasteiger partial charge in [0.1, 0.15) is 0 Å². The smallest absolute Gasteiger partial charge is 0.170 e. The summed E-state index contributed by atoms with van der Waals surface area (Å²) < 4.78 is 11.9. The standard InChI is InChI=1S/C17H18O2/c1-4-12-5-7-14-16(9-12)18-15-8-6-13(11(2)3)10-17(15)19-14/h5-11H,4H2,1-3H3. The van der Waals surface area contributed by atoms with E-state index in [1.807, 2.05) is 12.1 Å². The minimum Gasteiger partial charge on any atom is -0.450 e. The van der Waals surface area contributed by atoms with Gasteiger partial charge in [0.15, 0.2) is 23.0 Å². The van der Waals surface area contributed by atoms with Crippen LogP contribution in [0.3, 0.4) is 0 Å². The zero-order valence-electron chi connectivity index (χ0n) is 11.6. The first-order valence-corrected chi connectivity index (χ1v) is 6.80. The molecule has 3 rings (SSSR count). The van der Waals surface area contributed by atoms with E-state index in [9.17, 15) is 0 Å². The predicted octanol–water partition coefficient (Wildman–Crippen LogP) is 5.27. The van der Waals surface area contributed by atoms with Crippen LogP contribution >= 0.6 is 0 Å². The molecule has 1 aliphatic heterocycles. The van der Waals surface area contributed by atoms with Crippen LogP contribution in [-0.2, 0) is 6.42 Å². The highest BCUT2D eigenvalue weighted by atomic mass is 16.6. The van der Waals surface area contributed by atoms with E-state index in [4.69, 9.17) is 9.47 Å². The lowest BCUT2D eigenvalue weighted by Gasteiger charge is -2.22. The summed E-state index contributed by atoms with van der Waals surface area (Å²) in [6, 6.07) is 12.3. The Morgan fingerprint density at radius 3 is 2.11 bits per heavy atom. The fraction of sp³-hybridized carbons (Fsp3) is 0.294. The van der Waals surface area contributed by atoms with Gasteiger partial charge >= 0.3 is 0 Å². The molecule has 0 unspecified atom stereocenters. The molecule has 1 aliphatic rings. The average Bonchev–Trinajstić information content (AvgIpc) is 2.43. The van der Waals surface area contributed by atoms with Crippen LogP contribution in [0.4, 0.5) is 0 Å². The molecule has 0 atom stereocenters.